The van der Waals surface area contributed by atoms with E-state index in [1.165, 1.54) is 24.3 Å². The van der Waals surface area contributed by atoms with E-state index in [0.29, 0.717) is 29.4 Å². The van der Waals surface area contributed by atoms with Crippen LogP contribution < -0.4 is 5.73 Å². The summed E-state index contributed by atoms with van der Waals surface area (Å²) >= 11 is 0. The van der Waals surface area contributed by atoms with Crippen molar-refractivity contribution in [3.05, 3.63) is 53.6 Å². The molecule has 0 aliphatic carbocycles. The summed E-state index contributed by atoms with van der Waals surface area (Å²) in [6.45, 7) is 0.481. The number of rotatable bonds is 6. The lowest BCUT2D eigenvalue weighted by Crippen LogP contribution is -2.32. The number of phenolic OH excluding ortho intramolecular Hbond substituents is 1. The van der Waals surface area contributed by atoms with Crippen molar-refractivity contribution in [2.24, 2.45) is 16.0 Å². The Morgan fingerprint density at radius 2 is 1.75 bits per heavy atom. The van der Waals surface area contributed by atoms with E-state index in [9.17, 15) is 19.5 Å². The van der Waals surface area contributed by atoms with Gasteiger partial charge >= 0.3 is 5.97 Å². The van der Waals surface area contributed by atoms with Gasteiger partial charge in [-0.15, -0.1) is 10.2 Å². The fourth-order valence-corrected chi connectivity index (χ4v) is 2.55. The van der Waals surface area contributed by atoms with Crippen molar-refractivity contribution >= 4 is 29.2 Å². The summed E-state index contributed by atoms with van der Waals surface area (Å²) < 4.78 is 0. The van der Waals surface area contributed by atoms with Crippen LogP contribution in [0.1, 0.15) is 28.8 Å². The third kappa shape index (κ3) is 4.38. The summed E-state index contributed by atoms with van der Waals surface area (Å²) in [5.41, 5.74) is 7.28. The normalized spacial score (nSPS) is 14.1. The Labute approximate surface area is 160 Å². The number of imide groups is 1. The maximum atomic E-state index is 12.0. The summed E-state index contributed by atoms with van der Waals surface area (Å²) in [7, 11) is 0. The first-order valence-corrected chi connectivity index (χ1v) is 8.60. The van der Waals surface area contributed by atoms with Gasteiger partial charge in [-0.2, -0.15) is 5.11 Å². The molecule has 0 atom stereocenters. The summed E-state index contributed by atoms with van der Waals surface area (Å²) in [4.78, 5) is 39.9. The van der Waals surface area contributed by atoms with E-state index in [2.05, 4.69) is 10.2 Å². The number of carbonyl (C=O) groups excluding carboxylic acids is 3. The Morgan fingerprint density at radius 3 is 2.36 bits per heavy atom. The number of amides is 2. The van der Waals surface area contributed by atoms with Crippen LogP contribution in [0.4, 0.5) is 11.4 Å². The number of nitrogens with zero attached hydrogens (tertiary/aromatic N) is 3. The Bertz CT molecular complexity index is 924. The molecule has 3 rings (SSSR count). The van der Waals surface area contributed by atoms with Crippen LogP contribution in [0.15, 0.2) is 52.7 Å². The van der Waals surface area contributed by atoms with Crippen LogP contribution in [-0.2, 0) is 20.8 Å². The SMILES string of the molecule is NCCc1ccc(N=Nc2ccc(C(=O)ON3C(=O)CCC3=O)cc2)c(O)c1. The average molecular weight is 382 g/mol. The minimum Gasteiger partial charge on any atom is -0.506 e. The molecule has 9 heteroatoms. The topological polar surface area (TPSA) is 135 Å². The summed E-state index contributed by atoms with van der Waals surface area (Å²) in [5.74, 6) is -1.91. The third-order valence-electron chi connectivity index (χ3n) is 4.03. The van der Waals surface area contributed by atoms with Crippen LogP contribution in [-0.4, -0.2) is 34.5 Å². The molecular formula is C19H18N4O5. The second-order valence-corrected chi connectivity index (χ2v) is 6.07. The molecule has 0 bridgehead atoms. The van der Waals surface area contributed by atoms with Gasteiger partial charge < -0.3 is 15.7 Å². The minimum absolute atomic E-state index is 0.00477. The number of nitrogens with two attached hydrogens (primary N) is 1. The predicted molar refractivity (Wildman–Crippen MR) is 98.0 cm³/mol. The molecular weight excluding hydrogens is 364 g/mol. The van der Waals surface area contributed by atoms with Gasteiger partial charge in [0.2, 0.25) is 0 Å². The van der Waals surface area contributed by atoms with Crippen LogP contribution >= 0.6 is 0 Å². The fraction of sp³-hybridized carbons (Fsp3) is 0.211. The van der Waals surface area contributed by atoms with Crippen molar-refractivity contribution in [3.8, 4) is 5.75 Å². The van der Waals surface area contributed by atoms with Gasteiger partial charge in [-0.25, -0.2) is 4.79 Å². The zero-order valence-electron chi connectivity index (χ0n) is 14.9. The van der Waals surface area contributed by atoms with Crippen molar-refractivity contribution in [1.29, 1.82) is 0 Å². The maximum absolute atomic E-state index is 12.0. The zero-order chi connectivity index (χ0) is 20.1. The highest BCUT2D eigenvalue weighted by atomic mass is 16.7. The van der Waals surface area contributed by atoms with Gasteiger partial charge in [0.15, 0.2) is 0 Å². The molecule has 2 aromatic carbocycles. The summed E-state index contributed by atoms with van der Waals surface area (Å²) in [6, 6.07) is 10.9. The van der Waals surface area contributed by atoms with Gasteiger partial charge in [-0.3, -0.25) is 9.59 Å². The van der Waals surface area contributed by atoms with E-state index in [4.69, 9.17) is 10.6 Å². The van der Waals surface area contributed by atoms with E-state index in [-0.39, 0.29) is 24.2 Å². The molecule has 2 aromatic rings. The number of benzene rings is 2. The molecule has 1 aliphatic heterocycles. The van der Waals surface area contributed by atoms with Gasteiger partial charge in [0.05, 0.1) is 11.3 Å². The second kappa shape index (κ2) is 8.40. The molecule has 0 spiro atoms. The van der Waals surface area contributed by atoms with Crippen LogP contribution in [0.5, 0.6) is 5.75 Å². The standard InChI is InChI=1S/C19H18N4O5/c20-10-9-12-1-6-15(16(24)11-12)22-21-14-4-2-13(3-5-14)19(27)28-23-17(25)7-8-18(23)26/h1-6,11,24H,7-10,20H2. The zero-order valence-corrected chi connectivity index (χ0v) is 14.9. The van der Waals surface area contributed by atoms with E-state index in [1.807, 2.05) is 0 Å². The van der Waals surface area contributed by atoms with Crippen molar-refractivity contribution < 1.29 is 24.3 Å². The lowest BCUT2D eigenvalue weighted by Gasteiger charge is -2.12. The Morgan fingerprint density at radius 1 is 1.07 bits per heavy atom. The molecule has 1 aliphatic rings. The van der Waals surface area contributed by atoms with Crippen LogP contribution in [0.2, 0.25) is 0 Å². The summed E-state index contributed by atoms with van der Waals surface area (Å²) in [6.07, 6.45) is 0.716. The number of aromatic hydroxyl groups is 1. The van der Waals surface area contributed by atoms with E-state index >= 15 is 0 Å². The number of hydroxylamine groups is 2. The van der Waals surface area contributed by atoms with Crippen LogP contribution in [0.25, 0.3) is 0 Å². The number of hydrogen-bond acceptors (Lipinski definition) is 8. The highest BCUT2D eigenvalue weighted by Gasteiger charge is 2.33. The largest absolute Gasteiger partial charge is 0.506 e. The quantitative estimate of drug-likeness (QED) is 0.582. The Hall–Kier alpha value is -3.59. The number of phenols is 1. The van der Waals surface area contributed by atoms with Crippen LogP contribution in [0, 0.1) is 0 Å². The number of carbonyl (C=O) groups is 3. The number of hydrogen-bond donors (Lipinski definition) is 2. The fourth-order valence-electron chi connectivity index (χ4n) is 2.55. The molecule has 0 unspecified atom stereocenters. The van der Waals surface area contributed by atoms with Crippen molar-refractivity contribution in [2.75, 3.05) is 6.54 Å². The highest BCUT2D eigenvalue weighted by Crippen LogP contribution is 2.29. The smallest absolute Gasteiger partial charge is 0.363 e. The molecule has 1 heterocycles. The molecule has 0 radical (unpaired) electrons. The van der Waals surface area contributed by atoms with Gasteiger partial charge in [-0.1, -0.05) is 6.07 Å². The first-order valence-electron chi connectivity index (χ1n) is 8.60. The lowest BCUT2D eigenvalue weighted by atomic mass is 10.1. The Kier molecular flexibility index (Phi) is 5.75. The van der Waals surface area contributed by atoms with Crippen molar-refractivity contribution in [1.82, 2.24) is 5.06 Å². The van der Waals surface area contributed by atoms with E-state index in [1.54, 1.807) is 18.2 Å². The first-order chi connectivity index (χ1) is 13.5. The predicted octanol–water partition coefficient (Wildman–Crippen LogP) is 2.53. The van der Waals surface area contributed by atoms with Gasteiger partial charge in [0.25, 0.3) is 11.8 Å². The van der Waals surface area contributed by atoms with Crippen LogP contribution in [0.3, 0.4) is 0 Å². The van der Waals surface area contributed by atoms with Crippen molar-refractivity contribution in [3.63, 3.8) is 0 Å². The molecule has 0 saturated carbocycles. The molecule has 28 heavy (non-hydrogen) atoms. The molecule has 9 nitrogen and oxygen atoms in total. The van der Waals surface area contributed by atoms with E-state index in [0.717, 1.165) is 5.56 Å². The molecule has 0 aromatic heterocycles. The summed E-state index contributed by atoms with van der Waals surface area (Å²) in [5, 5.41) is 18.5. The second-order valence-electron chi connectivity index (χ2n) is 6.07. The lowest BCUT2D eigenvalue weighted by molar-refractivity contribution is -0.172. The molecule has 1 fully saturated rings. The van der Waals surface area contributed by atoms with Gasteiger partial charge in [0, 0.05) is 12.8 Å². The Balaban J connectivity index is 1.65. The maximum Gasteiger partial charge on any atom is 0.363 e. The first kappa shape index (κ1) is 19.2. The number of azo groups is 1. The highest BCUT2D eigenvalue weighted by molar-refractivity contribution is 6.02. The van der Waals surface area contributed by atoms with Crippen molar-refractivity contribution in [2.45, 2.75) is 19.3 Å². The molecule has 1 saturated heterocycles. The van der Waals surface area contributed by atoms with E-state index < -0.39 is 17.8 Å². The third-order valence-corrected chi connectivity index (χ3v) is 4.03. The molecule has 3 N–H and O–H groups in total. The minimum atomic E-state index is -0.819. The van der Waals surface area contributed by atoms with Gasteiger partial charge in [-0.05, 0) is 54.9 Å². The monoisotopic (exact) mass is 382 g/mol. The average Bonchev–Trinajstić information content (AvgIpc) is 3.00. The van der Waals surface area contributed by atoms with Gasteiger partial charge in [0.1, 0.15) is 11.4 Å². The molecule has 2 amide bonds. The molecule has 144 valence electrons.